The molecular formula is C27H25ClF3N3O5S. The van der Waals surface area contributed by atoms with Gasteiger partial charge >= 0.3 is 12.1 Å². The van der Waals surface area contributed by atoms with Gasteiger partial charge in [0.1, 0.15) is 5.75 Å². The van der Waals surface area contributed by atoms with Crippen molar-refractivity contribution in [1.29, 1.82) is 0 Å². The standard InChI is InChI=1S/C27H25ClF3N3O5S/c1-18(35)39-26(17-40(37,38)21-6-3-2-4-7-21)15-19(16-27(29,30)31)25(36)34(26)13-5-11-32-23-10-12-33-24-14-20(28)8-9-22(23)24/h2-4,6-10,12,14-15H,5,11,13,16-17H2,1H3,(H,32,33). The van der Waals surface area contributed by atoms with Gasteiger partial charge in [-0.15, -0.1) is 0 Å². The Morgan fingerprint density at radius 1 is 1.15 bits per heavy atom. The number of alkyl halides is 3. The van der Waals surface area contributed by atoms with Gasteiger partial charge in [0.2, 0.25) is 5.72 Å². The van der Waals surface area contributed by atoms with Crippen molar-refractivity contribution in [1.82, 2.24) is 9.88 Å². The Morgan fingerprint density at radius 3 is 2.55 bits per heavy atom. The lowest BCUT2D eigenvalue weighted by molar-refractivity contribution is -0.169. The Morgan fingerprint density at radius 2 is 1.88 bits per heavy atom. The number of fused-ring (bicyclic) bond motifs is 1. The van der Waals surface area contributed by atoms with Crippen LogP contribution in [0.15, 0.2) is 77.3 Å². The number of halogens is 4. The van der Waals surface area contributed by atoms with Gasteiger partial charge in [0.15, 0.2) is 9.84 Å². The molecule has 0 saturated carbocycles. The van der Waals surface area contributed by atoms with E-state index in [0.29, 0.717) is 16.2 Å². The molecule has 0 saturated heterocycles. The van der Waals surface area contributed by atoms with Gasteiger partial charge < -0.3 is 10.1 Å². The first kappa shape index (κ1) is 29.3. The predicted octanol–water partition coefficient (Wildman–Crippen LogP) is 5.14. The van der Waals surface area contributed by atoms with E-state index < -0.39 is 51.4 Å². The van der Waals surface area contributed by atoms with Gasteiger partial charge in [-0.3, -0.25) is 19.5 Å². The van der Waals surface area contributed by atoms with Gasteiger partial charge in [-0.05, 0) is 48.9 Å². The van der Waals surface area contributed by atoms with Gasteiger partial charge in [-0.25, -0.2) is 8.42 Å². The molecule has 3 aromatic rings. The maximum absolute atomic E-state index is 13.3. The summed E-state index contributed by atoms with van der Waals surface area (Å²) in [7, 11) is -4.20. The number of nitrogens with one attached hydrogen (secondary N) is 1. The Kier molecular flexibility index (Phi) is 8.41. The first-order valence-electron chi connectivity index (χ1n) is 12.2. The summed E-state index contributed by atoms with van der Waals surface area (Å²) in [5.41, 5.74) is -1.59. The van der Waals surface area contributed by atoms with E-state index in [0.717, 1.165) is 23.3 Å². The number of hydrogen-bond acceptors (Lipinski definition) is 7. The van der Waals surface area contributed by atoms with Crippen molar-refractivity contribution >= 4 is 49.9 Å². The topological polar surface area (TPSA) is 106 Å². The number of aromatic nitrogens is 1. The molecule has 0 aliphatic carbocycles. The van der Waals surface area contributed by atoms with Crippen LogP contribution in [0, 0.1) is 0 Å². The number of esters is 1. The summed E-state index contributed by atoms with van der Waals surface area (Å²) in [6.45, 7) is 1.05. The second-order valence-corrected chi connectivity index (χ2v) is 11.7. The lowest BCUT2D eigenvalue weighted by Gasteiger charge is -2.36. The molecule has 4 rings (SSSR count). The molecular weight excluding hydrogens is 571 g/mol. The maximum Gasteiger partial charge on any atom is 0.393 e. The van der Waals surface area contributed by atoms with E-state index >= 15 is 0 Å². The van der Waals surface area contributed by atoms with E-state index in [4.69, 9.17) is 16.3 Å². The van der Waals surface area contributed by atoms with E-state index in [9.17, 15) is 31.2 Å². The fourth-order valence-electron chi connectivity index (χ4n) is 4.59. The van der Waals surface area contributed by atoms with Crippen molar-refractivity contribution < 1.29 is 35.9 Å². The van der Waals surface area contributed by atoms with Gasteiger partial charge in [0.05, 0.1) is 16.8 Å². The number of ether oxygens (including phenoxy) is 1. The molecule has 1 unspecified atom stereocenters. The maximum atomic E-state index is 13.3. The van der Waals surface area contributed by atoms with Crippen LogP contribution in [0.1, 0.15) is 19.8 Å². The number of sulfone groups is 1. The minimum Gasteiger partial charge on any atom is -0.434 e. The van der Waals surface area contributed by atoms with E-state index in [2.05, 4.69) is 10.3 Å². The number of carbonyl (C=O) groups is 2. The molecule has 1 aliphatic rings. The highest BCUT2D eigenvalue weighted by Crippen LogP contribution is 2.38. The summed E-state index contributed by atoms with van der Waals surface area (Å²) >= 11 is 6.03. The van der Waals surface area contributed by atoms with Gasteiger partial charge in [-0.1, -0.05) is 29.8 Å². The third-order valence-electron chi connectivity index (χ3n) is 6.17. The monoisotopic (exact) mass is 595 g/mol. The second kappa shape index (κ2) is 11.5. The molecule has 1 aromatic heterocycles. The van der Waals surface area contributed by atoms with Crippen LogP contribution in [-0.4, -0.2) is 60.9 Å². The van der Waals surface area contributed by atoms with Crippen LogP contribution < -0.4 is 5.32 Å². The molecule has 0 bridgehead atoms. The number of hydrogen-bond donors (Lipinski definition) is 1. The number of benzene rings is 2. The minimum atomic E-state index is -4.75. The van der Waals surface area contributed by atoms with Crippen molar-refractivity contribution in [2.75, 3.05) is 24.2 Å². The second-order valence-electron chi connectivity index (χ2n) is 9.23. The Hall–Kier alpha value is -3.64. The van der Waals surface area contributed by atoms with Crippen LogP contribution in [0.3, 0.4) is 0 Å². The fourth-order valence-corrected chi connectivity index (χ4v) is 6.34. The first-order chi connectivity index (χ1) is 18.8. The number of amides is 1. The van der Waals surface area contributed by atoms with E-state index in [1.165, 1.54) is 24.3 Å². The molecule has 1 N–H and O–H groups in total. The van der Waals surface area contributed by atoms with Crippen LogP contribution in [0.5, 0.6) is 0 Å². The smallest absolute Gasteiger partial charge is 0.393 e. The number of rotatable bonds is 10. The first-order valence-corrected chi connectivity index (χ1v) is 14.2. The molecule has 2 heterocycles. The van der Waals surface area contributed by atoms with Gasteiger partial charge in [-0.2, -0.15) is 13.2 Å². The van der Waals surface area contributed by atoms with Crippen LogP contribution in [0.4, 0.5) is 18.9 Å². The van der Waals surface area contributed by atoms with Crippen molar-refractivity contribution in [2.24, 2.45) is 0 Å². The summed E-state index contributed by atoms with van der Waals surface area (Å²) < 4.78 is 71.9. The summed E-state index contributed by atoms with van der Waals surface area (Å²) in [4.78, 5) is 30.3. The average molecular weight is 596 g/mol. The number of pyridine rings is 1. The van der Waals surface area contributed by atoms with Gasteiger partial charge in [0.25, 0.3) is 5.91 Å². The summed E-state index contributed by atoms with van der Waals surface area (Å²) in [5.74, 6) is -2.95. The Bertz CT molecular complexity index is 1560. The molecule has 1 atom stereocenters. The number of anilines is 1. The van der Waals surface area contributed by atoms with Crippen LogP contribution in [-0.2, 0) is 24.2 Å². The summed E-state index contributed by atoms with van der Waals surface area (Å²) in [5, 5.41) is 4.49. The van der Waals surface area contributed by atoms with Crippen molar-refractivity contribution in [2.45, 2.75) is 36.6 Å². The SMILES string of the molecule is CC(=O)OC1(CS(=O)(=O)c2ccccc2)C=C(CC(F)(F)F)C(=O)N1CCCNc1ccnc2cc(Cl)ccc12. The summed E-state index contributed by atoms with van der Waals surface area (Å²) in [6.07, 6.45) is -3.76. The zero-order chi connectivity index (χ0) is 29.1. The number of carbonyl (C=O) groups excluding carboxylic acids is 2. The highest BCUT2D eigenvalue weighted by atomic mass is 35.5. The van der Waals surface area contributed by atoms with Gasteiger partial charge in [0, 0.05) is 47.9 Å². The number of nitrogens with zero attached hydrogens (tertiary/aromatic N) is 2. The van der Waals surface area contributed by atoms with Crippen molar-refractivity contribution in [3.05, 3.63) is 77.5 Å². The zero-order valence-electron chi connectivity index (χ0n) is 21.2. The van der Waals surface area contributed by atoms with Crippen molar-refractivity contribution in [3.8, 4) is 0 Å². The van der Waals surface area contributed by atoms with Crippen LogP contribution in [0.2, 0.25) is 5.02 Å². The van der Waals surface area contributed by atoms with Crippen LogP contribution >= 0.6 is 11.6 Å². The largest absolute Gasteiger partial charge is 0.434 e. The molecule has 212 valence electrons. The van der Waals surface area contributed by atoms with E-state index in [1.807, 2.05) is 0 Å². The third-order valence-corrected chi connectivity index (χ3v) is 8.18. The lowest BCUT2D eigenvalue weighted by Crippen LogP contribution is -2.54. The average Bonchev–Trinajstić information content (AvgIpc) is 3.09. The quantitative estimate of drug-likeness (QED) is 0.255. The molecule has 13 heteroatoms. The normalized spacial score (nSPS) is 17.7. The Balaban J connectivity index is 1.61. The molecule has 2 aromatic carbocycles. The zero-order valence-corrected chi connectivity index (χ0v) is 22.8. The Labute approximate surface area is 233 Å². The molecule has 0 fully saturated rings. The minimum absolute atomic E-state index is 0.127. The van der Waals surface area contributed by atoms with E-state index in [-0.39, 0.29) is 24.4 Å². The van der Waals surface area contributed by atoms with Crippen molar-refractivity contribution in [3.63, 3.8) is 0 Å². The van der Waals surface area contributed by atoms with Crippen LogP contribution in [0.25, 0.3) is 10.9 Å². The highest BCUT2D eigenvalue weighted by Gasteiger charge is 2.52. The molecule has 8 nitrogen and oxygen atoms in total. The molecule has 40 heavy (non-hydrogen) atoms. The molecule has 0 radical (unpaired) electrons. The predicted molar refractivity (Wildman–Crippen MR) is 143 cm³/mol. The van der Waals surface area contributed by atoms with E-state index in [1.54, 1.807) is 36.5 Å². The lowest BCUT2D eigenvalue weighted by atomic mass is 10.1. The summed E-state index contributed by atoms with van der Waals surface area (Å²) in [6, 6.07) is 14.1. The molecule has 1 amide bonds. The fraction of sp³-hybridized carbons (Fsp3) is 0.296. The molecule has 0 spiro atoms. The molecule has 1 aliphatic heterocycles. The third kappa shape index (κ3) is 6.73. The highest BCUT2D eigenvalue weighted by molar-refractivity contribution is 7.91.